The van der Waals surface area contributed by atoms with Crippen molar-refractivity contribution < 1.29 is 43.5 Å². The number of azide groups is 1. The van der Waals surface area contributed by atoms with Gasteiger partial charge in [-0.2, -0.15) is 0 Å². The number of amides is 7. The third-order valence-electron chi connectivity index (χ3n) is 11.9. The van der Waals surface area contributed by atoms with E-state index in [1.807, 2.05) is 0 Å². The number of benzene rings is 2. The Labute approximate surface area is 422 Å². The maximum atomic E-state index is 14.5. The molecular weight excluding hydrogens is 945 g/mol. The Hall–Kier alpha value is -8.05. The zero-order valence-corrected chi connectivity index (χ0v) is 41.7. The van der Waals surface area contributed by atoms with E-state index in [1.165, 1.54) is 29.6 Å². The fourth-order valence-electron chi connectivity index (χ4n) is 8.11. The number of hydrogen-bond acceptors (Lipinski definition) is 12. The predicted molar refractivity (Wildman–Crippen MR) is 269 cm³/mol. The van der Waals surface area contributed by atoms with E-state index in [0.717, 1.165) is 0 Å². The number of likely N-dealkylation sites (tertiary alicyclic amines) is 1. The number of imidazole rings is 1. The van der Waals surface area contributed by atoms with Crippen LogP contribution in [0.25, 0.3) is 10.4 Å². The molecule has 13 N–H and O–H groups in total. The Morgan fingerprint density at radius 1 is 0.781 bits per heavy atom. The van der Waals surface area contributed by atoms with Crippen LogP contribution in [0.15, 0.2) is 77.2 Å². The number of guanidine groups is 1. The van der Waals surface area contributed by atoms with Gasteiger partial charge in [0.1, 0.15) is 42.3 Å². The van der Waals surface area contributed by atoms with Crippen LogP contribution in [0.5, 0.6) is 0 Å². The van der Waals surface area contributed by atoms with Crippen molar-refractivity contribution in [3.05, 3.63) is 94.4 Å². The van der Waals surface area contributed by atoms with Gasteiger partial charge in [-0.1, -0.05) is 87.4 Å². The van der Waals surface area contributed by atoms with Crippen LogP contribution in [-0.4, -0.2) is 142 Å². The Kier molecular flexibility index (Phi) is 22.6. The van der Waals surface area contributed by atoms with Crippen molar-refractivity contribution in [2.75, 3.05) is 26.7 Å². The van der Waals surface area contributed by atoms with Crippen LogP contribution in [-0.2, 0) is 57.6 Å². The lowest BCUT2D eigenvalue weighted by molar-refractivity contribution is -0.145. The minimum atomic E-state index is -1.38. The van der Waals surface area contributed by atoms with Crippen LogP contribution in [0.4, 0.5) is 5.69 Å². The summed E-state index contributed by atoms with van der Waals surface area (Å²) < 4.78 is 0. The molecule has 394 valence electrons. The number of likely N-dealkylation sites (N-methyl/N-ethyl adjacent to an activating group) is 1. The third-order valence-corrected chi connectivity index (χ3v) is 11.9. The second-order valence-corrected chi connectivity index (χ2v) is 18.3. The highest BCUT2D eigenvalue weighted by atomic mass is 16.4. The van der Waals surface area contributed by atoms with Crippen molar-refractivity contribution in [1.82, 2.24) is 52.1 Å². The van der Waals surface area contributed by atoms with Gasteiger partial charge in [-0.3, -0.25) is 38.6 Å². The first-order chi connectivity index (χ1) is 34.8. The molecule has 73 heavy (non-hydrogen) atoms. The topological polar surface area (TPSA) is 386 Å². The molecule has 25 heteroatoms. The first kappa shape index (κ1) is 57.5. The summed E-state index contributed by atoms with van der Waals surface area (Å²) in [7, 11) is 1.56. The number of aromatic nitrogens is 2. The third kappa shape index (κ3) is 18.3. The van der Waals surface area contributed by atoms with E-state index in [2.05, 4.69) is 62.2 Å². The van der Waals surface area contributed by atoms with Crippen molar-refractivity contribution in [3.63, 3.8) is 0 Å². The number of carbonyl (C=O) groups excluding carboxylic acids is 7. The quantitative estimate of drug-likeness (QED) is 0.0114. The fourth-order valence-corrected chi connectivity index (χ4v) is 8.11. The molecule has 0 bridgehead atoms. The number of nitrogens with two attached hydrogens (primary N) is 2. The van der Waals surface area contributed by atoms with Gasteiger partial charge in [0, 0.05) is 54.8 Å². The van der Waals surface area contributed by atoms with Gasteiger partial charge in [0.15, 0.2) is 5.96 Å². The molecular formula is C48H68N16O9. The van der Waals surface area contributed by atoms with Crippen LogP contribution >= 0.6 is 0 Å². The van der Waals surface area contributed by atoms with Gasteiger partial charge >= 0.3 is 5.97 Å². The van der Waals surface area contributed by atoms with Gasteiger partial charge in [0.2, 0.25) is 41.4 Å². The SMILES string of the molecule is CNCC(=O)N[C@@H](CCCN=C(N)N)C(=O)N[C@H](C(=O)N[C@H](Cc1ccc(N=[N+]=[N-])cc1)C(=O)N[C@H](C(=O)N[C@@H](Cc1cnc[nH]1)C(=O)N1CCC[C@H]1C(=O)N[C@@H](Cc1ccccc1)C(=O)O)C(C)C)C(C)C. The highest BCUT2D eigenvalue weighted by Gasteiger charge is 2.41. The Morgan fingerprint density at radius 2 is 1.38 bits per heavy atom. The molecule has 0 unspecified atom stereocenters. The number of nitrogens with one attached hydrogen (secondary N) is 8. The number of carbonyl (C=O) groups is 8. The summed E-state index contributed by atoms with van der Waals surface area (Å²) in [6.07, 6.45) is 3.72. The maximum absolute atomic E-state index is 14.5. The minimum absolute atomic E-state index is 0.00884. The molecule has 0 saturated carbocycles. The van der Waals surface area contributed by atoms with Crippen molar-refractivity contribution >= 4 is 59.0 Å². The molecule has 0 spiro atoms. The van der Waals surface area contributed by atoms with Gasteiger partial charge in [0.05, 0.1) is 12.9 Å². The number of aliphatic imine (C=N–C) groups is 1. The number of nitrogens with zero attached hydrogens (tertiary/aromatic N) is 6. The van der Waals surface area contributed by atoms with Gasteiger partial charge in [-0.25, -0.2) is 9.78 Å². The number of aromatic amines is 1. The van der Waals surface area contributed by atoms with Crippen LogP contribution < -0.4 is 48.7 Å². The molecule has 0 radical (unpaired) electrons. The van der Waals surface area contributed by atoms with E-state index in [9.17, 15) is 43.5 Å². The van der Waals surface area contributed by atoms with Gasteiger partial charge in [0.25, 0.3) is 0 Å². The van der Waals surface area contributed by atoms with Crippen molar-refractivity contribution in [2.45, 2.75) is 115 Å². The lowest BCUT2D eigenvalue weighted by Gasteiger charge is -2.31. The number of aliphatic carboxylic acids is 1. The standard InChI is InChI=1S/C48H68N16O9/c1-27(2)39(60-41(66)33(56-38(65)25-52-5)13-9-19-54-48(49)50)44(69)57-34(21-30-15-17-31(18-16-30)62-63-51)42(67)61-40(28(3)4)45(70)58-35(23-32-24-53-26-55-32)46(71)64-20-10-14-37(64)43(68)59-36(47(72)73)22-29-11-7-6-8-12-29/h6-8,11-12,15-18,24,26-28,33-37,39-40,52H,9-10,13-14,19-23,25H2,1-5H3,(H,53,55)(H,56,65)(H,57,69)(H,58,70)(H,59,68)(H,60,66)(H,61,67)(H,72,73)(H4,49,50,54)/t33-,34+,35-,36-,37-,39-,40-/m0/s1. The fraction of sp³-hybridized carbons (Fsp3) is 0.500. The highest BCUT2D eigenvalue weighted by molar-refractivity contribution is 5.98. The van der Waals surface area contributed by atoms with Crippen molar-refractivity contribution in [2.24, 2.45) is 33.4 Å². The molecule has 7 amide bonds. The van der Waals surface area contributed by atoms with E-state index in [1.54, 1.807) is 77.2 Å². The molecule has 1 aromatic heterocycles. The molecule has 2 heterocycles. The predicted octanol–water partition coefficient (Wildman–Crippen LogP) is -0.0512. The molecule has 0 aliphatic carbocycles. The molecule has 1 saturated heterocycles. The molecule has 1 aliphatic rings. The molecule has 3 aromatic rings. The van der Waals surface area contributed by atoms with Gasteiger partial charge in [-0.15, -0.1) is 0 Å². The second-order valence-electron chi connectivity index (χ2n) is 18.3. The summed E-state index contributed by atoms with van der Waals surface area (Å²) in [6.45, 7) is 6.91. The first-order valence-electron chi connectivity index (χ1n) is 24.0. The largest absolute Gasteiger partial charge is 0.480 e. The summed E-state index contributed by atoms with van der Waals surface area (Å²) in [5.41, 5.74) is 21.8. The lowest BCUT2D eigenvalue weighted by Crippen LogP contribution is -2.61. The van der Waals surface area contributed by atoms with Gasteiger partial charge in [-0.05, 0) is 61.2 Å². The summed E-state index contributed by atoms with van der Waals surface area (Å²) in [5.74, 6) is -7.31. The molecule has 1 fully saturated rings. The van der Waals surface area contributed by atoms with E-state index in [4.69, 9.17) is 17.0 Å². The van der Waals surface area contributed by atoms with E-state index in [-0.39, 0.29) is 63.4 Å². The van der Waals surface area contributed by atoms with Crippen molar-refractivity contribution in [3.8, 4) is 0 Å². The molecule has 25 nitrogen and oxygen atoms in total. The van der Waals surface area contributed by atoms with E-state index >= 15 is 0 Å². The first-order valence-corrected chi connectivity index (χ1v) is 24.0. The van der Waals surface area contributed by atoms with Crippen LogP contribution in [0.2, 0.25) is 0 Å². The van der Waals surface area contributed by atoms with Gasteiger partial charge < -0.3 is 63.7 Å². The summed E-state index contributed by atoms with van der Waals surface area (Å²) >= 11 is 0. The van der Waals surface area contributed by atoms with E-state index in [0.29, 0.717) is 29.7 Å². The molecule has 7 atom stereocenters. The van der Waals surface area contributed by atoms with E-state index < -0.39 is 101 Å². The second kappa shape index (κ2) is 28.7. The normalized spacial score (nSPS) is 15.5. The molecule has 4 rings (SSSR count). The monoisotopic (exact) mass is 1010 g/mol. The summed E-state index contributed by atoms with van der Waals surface area (Å²) in [6, 6.07) is 6.38. The molecule has 1 aliphatic heterocycles. The zero-order valence-electron chi connectivity index (χ0n) is 41.7. The maximum Gasteiger partial charge on any atom is 0.326 e. The average Bonchev–Trinajstić information content (AvgIpc) is 4.06. The lowest BCUT2D eigenvalue weighted by atomic mass is 9.98. The number of hydrogen-bond donors (Lipinski definition) is 11. The Morgan fingerprint density at radius 3 is 1.95 bits per heavy atom. The molecule has 2 aromatic carbocycles. The summed E-state index contributed by atoms with van der Waals surface area (Å²) in [4.78, 5) is 125. The Balaban J connectivity index is 1.58. The number of carboxylic acids is 1. The number of rotatable bonds is 28. The summed E-state index contributed by atoms with van der Waals surface area (Å²) in [5, 5.41) is 32.5. The minimum Gasteiger partial charge on any atom is -0.480 e. The van der Waals surface area contributed by atoms with Crippen LogP contribution in [0.1, 0.15) is 70.2 Å². The zero-order chi connectivity index (χ0) is 53.6. The number of carboxylic acid groups (broad SMARTS) is 1. The van der Waals surface area contributed by atoms with Crippen molar-refractivity contribution in [1.29, 1.82) is 0 Å². The van der Waals surface area contributed by atoms with Crippen LogP contribution in [0, 0.1) is 11.8 Å². The Bertz CT molecular complexity index is 2420. The number of H-pyrrole nitrogens is 1. The highest BCUT2D eigenvalue weighted by Crippen LogP contribution is 2.21. The average molecular weight is 1010 g/mol. The smallest absolute Gasteiger partial charge is 0.326 e. The van der Waals surface area contributed by atoms with Crippen LogP contribution in [0.3, 0.4) is 0 Å².